The molecular formula is C12H17NO2S. The normalized spacial score (nSPS) is 19.9. The molecule has 16 heavy (non-hydrogen) atoms. The highest BCUT2D eigenvalue weighted by atomic mass is 32.1. The molecule has 0 aromatic carbocycles. The van der Waals surface area contributed by atoms with E-state index < -0.39 is 0 Å². The van der Waals surface area contributed by atoms with Crippen molar-refractivity contribution in [2.45, 2.75) is 31.8 Å². The summed E-state index contributed by atoms with van der Waals surface area (Å²) in [5.41, 5.74) is 0. The number of nitrogens with one attached hydrogen (secondary N) is 1. The molecule has 3 nitrogen and oxygen atoms in total. The second-order valence-corrected chi connectivity index (χ2v) is 5.05. The number of amides is 1. The standard InChI is InChI=1S/C12H17NO2S/c14-12(9-10-3-1-7-15-10)13-6-5-11-4-2-8-16-11/h2,4,8,10H,1,3,5-7,9H2,(H,13,14). The highest BCUT2D eigenvalue weighted by Gasteiger charge is 2.18. The average molecular weight is 239 g/mol. The van der Waals surface area contributed by atoms with E-state index in [9.17, 15) is 4.79 Å². The zero-order valence-electron chi connectivity index (χ0n) is 9.28. The molecule has 0 bridgehead atoms. The van der Waals surface area contributed by atoms with Gasteiger partial charge in [0.2, 0.25) is 5.91 Å². The lowest BCUT2D eigenvalue weighted by atomic mass is 10.2. The van der Waals surface area contributed by atoms with Crippen LogP contribution in [0.15, 0.2) is 17.5 Å². The van der Waals surface area contributed by atoms with Gasteiger partial charge in [0.1, 0.15) is 0 Å². The van der Waals surface area contributed by atoms with Gasteiger partial charge in [0.15, 0.2) is 0 Å². The van der Waals surface area contributed by atoms with Crippen LogP contribution in [-0.2, 0) is 16.0 Å². The summed E-state index contributed by atoms with van der Waals surface area (Å²) in [6.07, 6.45) is 3.71. The Morgan fingerprint density at radius 3 is 3.25 bits per heavy atom. The van der Waals surface area contributed by atoms with Gasteiger partial charge in [0.25, 0.3) is 0 Å². The van der Waals surface area contributed by atoms with E-state index in [4.69, 9.17) is 4.74 Å². The molecular weight excluding hydrogens is 222 g/mol. The van der Waals surface area contributed by atoms with Crippen molar-refractivity contribution in [1.82, 2.24) is 5.32 Å². The maximum Gasteiger partial charge on any atom is 0.222 e. The summed E-state index contributed by atoms with van der Waals surface area (Å²) in [7, 11) is 0. The second-order valence-electron chi connectivity index (χ2n) is 4.02. The fourth-order valence-corrected chi connectivity index (χ4v) is 2.57. The molecule has 1 aromatic rings. The van der Waals surface area contributed by atoms with Crippen LogP contribution >= 0.6 is 11.3 Å². The van der Waals surface area contributed by atoms with Crippen LogP contribution in [0.4, 0.5) is 0 Å². The van der Waals surface area contributed by atoms with Crippen molar-refractivity contribution in [3.63, 3.8) is 0 Å². The van der Waals surface area contributed by atoms with Crippen LogP contribution in [0.5, 0.6) is 0 Å². The van der Waals surface area contributed by atoms with Crippen LogP contribution in [0.1, 0.15) is 24.1 Å². The molecule has 1 saturated heterocycles. The maximum absolute atomic E-state index is 11.5. The number of hydrogen-bond donors (Lipinski definition) is 1. The van der Waals surface area contributed by atoms with Gasteiger partial charge in [-0.15, -0.1) is 11.3 Å². The van der Waals surface area contributed by atoms with E-state index in [1.54, 1.807) is 11.3 Å². The van der Waals surface area contributed by atoms with E-state index in [-0.39, 0.29) is 12.0 Å². The van der Waals surface area contributed by atoms with Gasteiger partial charge in [0, 0.05) is 18.0 Å². The van der Waals surface area contributed by atoms with E-state index in [0.717, 1.165) is 32.4 Å². The Bertz CT molecular complexity index is 318. The van der Waals surface area contributed by atoms with Crippen molar-refractivity contribution in [2.75, 3.05) is 13.2 Å². The Labute approximate surface area is 99.8 Å². The first-order valence-corrected chi connectivity index (χ1v) is 6.63. The molecule has 4 heteroatoms. The Balaban J connectivity index is 1.60. The predicted octanol–water partition coefficient (Wildman–Crippen LogP) is 1.98. The first kappa shape index (κ1) is 11.6. The number of carbonyl (C=O) groups is 1. The summed E-state index contributed by atoms with van der Waals surface area (Å²) in [5, 5.41) is 4.99. The van der Waals surface area contributed by atoms with Gasteiger partial charge in [-0.25, -0.2) is 0 Å². The molecule has 1 aliphatic rings. The zero-order valence-corrected chi connectivity index (χ0v) is 10.1. The fraction of sp³-hybridized carbons (Fsp3) is 0.583. The lowest BCUT2D eigenvalue weighted by molar-refractivity contribution is -0.123. The molecule has 88 valence electrons. The summed E-state index contributed by atoms with van der Waals surface area (Å²) < 4.78 is 5.42. The quantitative estimate of drug-likeness (QED) is 0.853. The van der Waals surface area contributed by atoms with Crippen molar-refractivity contribution < 1.29 is 9.53 Å². The van der Waals surface area contributed by atoms with Crippen LogP contribution in [0, 0.1) is 0 Å². The Morgan fingerprint density at radius 1 is 1.62 bits per heavy atom. The molecule has 1 atom stereocenters. The SMILES string of the molecule is O=C(CC1CCCO1)NCCc1cccs1. The van der Waals surface area contributed by atoms with Gasteiger partial charge in [-0.05, 0) is 30.7 Å². The summed E-state index contributed by atoms with van der Waals surface area (Å²) >= 11 is 1.73. The van der Waals surface area contributed by atoms with Gasteiger partial charge in [-0.3, -0.25) is 4.79 Å². The van der Waals surface area contributed by atoms with E-state index in [0.29, 0.717) is 6.42 Å². The molecule has 2 heterocycles. The van der Waals surface area contributed by atoms with Crippen LogP contribution in [0.3, 0.4) is 0 Å². The minimum atomic E-state index is 0.114. The highest BCUT2D eigenvalue weighted by molar-refractivity contribution is 7.09. The lowest BCUT2D eigenvalue weighted by Gasteiger charge is -2.09. The number of hydrogen-bond acceptors (Lipinski definition) is 3. The van der Waals surface area contributed by atoms with Gasteiger partial charge in [0.05, 0.1) is 12.5 Å². The molecule has 1 aromatic heterocycles. The molecule has 0 radical (unpaired) electrons. The maximum atomic E-state index is 11.5. The van der Waals surface area contributed by atoms with Crippen molar-refractivity contribution >= 4 is 17.2 Å². The van der Waals surface area contributed by atoms with Crippen LogP contribution < -0.4 is 5.32 Å². The topological polar surface area (TPSA) is 38.3 Å². The Kier molecular flexibility index (Phi) is 4.36. The largest absolute Gasteiger partial charge is 0.378 e. The zero-order chi connectivity index (χ0) is 11.2. The number of rotatable bonds is 5. The molecule has 1 N–H and O–H groups in total. The van der Waals surface area contributed by atoms with Crippen molar-refractivity contribution in [1.29, 1.82) is 0 Å². The van der Waals surface area contributed by atoms with Crippen LogP contribution in [0.2, 0.25) is 0 Å². The third-order valence-electron chi connectivity index (χ3n) is 2.71. The van der Waals surface area contributed by atoms with Gasteiger partial charge in [-0.1, -0.05) is 6.07 Å². The van der Waals surface area contributed by atoms with Crippen LogP contribution in [-0.4, -0.2) is 25.2 Å². The van der Waals surface area contributed by atoms with E-state index in [2.05, 4.69) is 16.8 Å². The smallest absolute Gasteiger partial charge is 0.222 e. The van der Waals surface area contributed by atoms with Gasteiger partial charge in [-0.2, -0.15) is 0 Å². The number of ether oxygens (including phenoxy) is 1. The molecule has 0 aliphatic carbocycles. The minimum absolute atomic E-state index is 0.114. The second kappa shape index (κ2) is 6.01. The van der Waals surface area contributed by atoms with Crippen LogP contribution in [0.25, 0.3) is 0 Å². The third kappa shape index (κ3) is 3.61. The van der Waals surface area contributed by atoms with Crippen molar-refractivity contribution in [2.24, 2.45) is 0 Å². The van der Waals surface area contributed by atoms with Gasteiger partial charge >= 0.3 is 0 Å². The Morgan fingerprint density at radius 2 is 2.56 bits per heavy atom. The highest BCUT2D eigenvalue weighted by Crippen LogP contribution is 2.15. The molecule has 1 amide bonds. The molecule has 1 unspecified atom stereocenters. The lowest BCUT2D eigenvalue weighted by Crippen LogP contribution is -2.28. The van der Waals surface area contributed by atoms with Gasteiger partial charge < -0.3 is 10.1 Å². The number of thiophene rings is 1. The predicted molar refractivity (Wildman–Crippen MR) is 64.6 cm³/mol. The first-order valence-electron chi connectivity index (χ1n) is 5.75. The molecule has 1 aliphatic heterocycles. The molecule has 0 spiro atoms. The van der Waals surface area contributed by atoms with E-state index in [1.165, 1.54) is 4.88 Å². The van der Waals surface area contributed by atoms with Crippen molar-refractivity contribution in [3.8, 4) is 0 Å². The first-order chi connectivity index (χ1) is 7.84. The summed E-state index contributed by atoms with van der Waals surface area (Å²) in [4.78, 5) is 12.9. The number of carbonyl (C=O) groups excluding carboxylic acids is 1. The van der Waals surface area contributed by atoms with E-state index >= 15 is 0 Å². The summed E-state index contributed by atoms with van der Waals surface area (Å²) in [5.74, 6) is 0.114. The monoisotopic (exact) mass is 239 g/mol. The summed E-state index contributed by atoms with van der Waals surface area (Å²) in [6.45, 7) is 1.54. The Hall–Kier alpha value is -0.870. The molecule has 1 fully saturated rings. The summed E-state index contributed by atoms with van der Waals surface area (Å²) in [6, 6.07) is 4.13. The third-order valence-corrected chi connectivity index (χ3v) is 3.65. The average Bonchev–Trinajstić information content (AvgIpc) is 2.90. The molecule has 2 rings (SSSR count). The van der Waals surface area contributed by atoms with Crippen molar-refractivity contribution in [3.05, 3.63) is 22.4 Å². The minimum Gasteiger partial charge on any atom is -0.378 e. The fourth-order valence-electron chi connectivity index (χ4n) is 1.86. The van der Waals surface area contributed by atoms with E-state index in [1.807, 2.05) is 6.07 Å². The molecule has 0 saturated carbocycles.